The van der Waals surface area contributed by atoms with Gasteiger partial charge in [-0.25, -0.2) is 0 Å². The maximum absolute atomic E-state index is 7.00. The lowest BCUT2D eigenvalue weighted by molar-refractivity contribution is 0.670. The molecule has 18 aromatic rings. The molecule has 20 rings (SSSR count). The van der Waals surface area contributed by atoms with Crippen LogP contribution in [0.15, 0.2) is 397 Å². The van der Waals surface area contributed by atoms with Gasteiger partial charge in [-0.15, -0.1) is 0 Å². The largest absolute Gasteiger partial charge is 0.455 e. The van der Waals surface area contributed by atoms with Crippen LogP contribution in [0, 0.1) is 0 Å². The highest BCUT2D eigenvalue weighted by Gasteiger charge is 2.47. The maximum Gasteiger partial charge on any atom is 0.143 e. The molecule has 2 aliphatic rings. The standard InChI is InChI=1S/2C49H32O/c1-3-15-33(16-4-1)34-17-11-18-35(31-34)39-25-13-27-43-44-28-14-26-40(48(44)50-47(39)43)36-19-12-22-38(32-36)49(37-20-5-2-6-21-37)45-29-9-7-23-41(45)42-24-8-10-30-46(42)49;1-3-16-33(17-4-1)37-22-7-8-23-39(37)42-27-15-29-44-43-28-14-26-38(47(43)50-48(42)44)34-18-13-21-36(32-34)49(35-19-5-2-6-20-35)45-30-11-9-24-40(45)41-25-10-12-31-46(41)49/h2*1-32H. The average Bonchev–Trinajstić information content (AvgIpc) is 1.54. The molecule has 0 atom stereocenters. The number of para-hydroxylation sites is 4. The molecule has 2 heterocycles. The van der Waals surface area contributed by atoms with Crippen molar-refractivity contribution in [2.24, 2.45) is 0 Å². The van der Waals surface area contributed by atoms with Crippen LogP contribution in [-0.4, -0.2) is 0 Å². The predicted molar refractivity (Wildman–Crippen MR) is 415 cm³/mol. The van der Waals surface area contributed by atoms with E-state index in [9.17, 15) is 0 Å². The fraction of sp³-hybridized carbons (Fsp3) is 0.0204. The maximum atomic E-state index is 7.00. The lowest BCUT2D eigenvalue weighted by atomic mass is 9.67. The van der Waals surface area contributed by atoms with Gasteiger partial charge in [0.15, 0.2) is 0 Å². The Labute approximate surface area is 581 Å². The Morgan fingerprint density at radius 3 is 0.820 bits per heavy atom. The van der Waals surface area contributed by atoms with Crippen molar-refractivity contribution in [3.05, 3.63) is 433 Å². The summed E-state index contributed by atoms with van der Waals surface area (Å²) in [7, 11) is 0. The molecule has 16 aromatic carbocycles. The van der Waals surface area contributed by atoms with E-state index < -0.39 is 10.8 Å². The van der Waals surface area contributed by atoms with E-state index >= 15 is 0 Å². The zero-order valence-corrected chi connectivity index (χ0v) is 54.8. The van der Waals surface area contributed by atoms with Crippen LogP contribution in [0.1, 0.15) is 44.5 Å². The molecule has 0 spiro atoms. The molecule has 0 N–H and O–H groups in total. The Morgan fingerprint density at radius 1 is 0.150 bits per heavy atom. The van der Waals surface area contributed by atoms with E-state index in [2.05, 4.69) is 388 Å². The summed E-state index contributed by atoms with van der Waals surface area (Å²) in [6.45, 7) is 0. The first-order valence-electron chi connectivity index (χ1n) is 34.5. The van der Waals surface area contributed by atoms with E-state index in [4.69, 9.17) is 8.83 Å². The highest BCUT2D eigenvalue weighted by Crippen LogP contribution is 2.59. The normalized spacial score (nSPS) is 13.0. The minimum atomic E-state index is -0.458. The minimum absolute atomic E-state index is 0.455. The summed E-state index contributed by atoms with van der Waals surface area (Å²) in [6.07, 6.45) is 0. The molecule has 0 saturated heterocycles. The van der Waals surface area contributed by atoms with Gasteiger partial charge in [-0.1, -0.05) is 370 Å². The molecule has 0 unspecified atom stereocenters. The monoisotopic (exact) mass is 1270 g/mol. The molecule has 468 valence electrons. The van der Waals surface area contributed by atoms with Crippen molar-refractivity contribution in [1.82, 2.24) is 0 Å². The molecule has 0 bridgehead atoms. The lowest BCUT2D eigenvalue weighted by Gasteiger charge is -2.34. The van der Waals surface area contributed by atoms with Crippen LogP contribution in [0.4, 0.5) is 0 Å². The first-order valence-corrected chi connectivity index (χ1v) is 34.5. The number of benzene rings is 16. The predicted octanol–water partition coefficient (Wildman–Crippen LogP) is 25.9. The van der Waals surface area contributed by atoms with Crippen molar-refractivity contribution in [2.45, 2.75) is 10.8 Å². The van der Waals surface area contributed by atoms with Crippen molar-refractivity contribution < 1.29 is 8.83 Å². The zero-order chi connectivity index (χ0) is 66.1. The Balaban J connectivity index is 0.000000139. The molecule has 0 saturated carbocycles. The van der Waals surface area contributed by atoms with Crippen LogP contribution >= 0.6 is 0 Å². The lowest BCUT2D eigenvalue weighted by Crippen LogP contribution is -2.28. The third-order valence-corrected chi connectivity index (χ3v) is 21.2. The molecular formula is C98H64O2. The van der Waals surface area contributed by atoms with Crippen molar-refractivity contribution in [3.8, 4) is 89.0 Å². The van der Waals surface area contributed by atoms with E-state index in [1.165, 1.54) is 89.0 Å². The summed E-state index contributed by atoms with van der Waals surface area (Å²) >= 11 is 0. The summed E-state index contributed by atoms with van der Waals surface area (Å²) in [5, 5.41) is 4.49. The SMILES string of the molecule is c1ccc(-c2cccc(-c3cccc4c3oc3c(-c5cccc(C6(c7ccccc7)c7ccccc7-c7ccccc76)c5)cccc34)c2)cc1.c1ccc(-c2ccccc2-c2cccc3c2oc2c(-c4cccc(C5(c6ccccc6)c6ccccc6-c6ccccc65)c4)cccc23)cc1. The smallest absolute Gasteiger partial charge is 0.143 e. The van der Waals surface area contributed by atoms with Crippen molar-refractivity contribution in [3.63, 3.8) is 0 Å². The Morgan fingerprint density at radius 2 is 0.410 bits per heavy atom. The molecule has 2 aromatic heterocycles. The highest BCUT2D eigenvalue weighted by atomic mass is 16.3. The first-order chi connectivity index (χ1) is 49.6. The number of furan rings is 2. The minimum Gasteiger partial charge on any atom is -0.455 e. The summed E-state index contributed by atoms with van der Waals surface area (Å²) in [5.41, 5.74) is 31.9. The van der Waals surface area contributed by atoms with Gasteiger partial charge in [-0.2, -0.15) is 0 Å². The molecule has 0 fully saturated rings. The van der Waals surface area contributed by atoms with Crippen LogP contribution in [0.3, 0.4) is 0 Å². The molecule has 0 amide bonds. The number of fused-ring (bicyclic) bond motifs is 12. The van der Waals surface area contributed by atoms with E-state index in [1.807, 2.05) is 0 Å². The van der Waals surface area contributed by atoms with Gasteiger partial charge in [0.25, 0.3) is 0 Å². The Hall–Kier alpha value is -12.9. The summed E-state index contributed by atoms with van der Waals surface area (Å²) in [5.74, 6) is 0. The number of hydrogen-bond donors (Lipinski definition) is 0. The molecule has 0 radical (unpaired) electrons. The second-order valence-corrected chi connectivity index (χ2v) is 26.4. The fourth-order valence-electron chi connectivity index (χ4n) is 16.9. The van der Waals surface area contributed by atoms with E-state index in [0.717, 1.165) is 88.4 Å². The average molecular weight is 1270 g/mol. The van der Waals surface area contributed by atoms with Gasteiger partial charge in [0.05, 0.1) is 10.8 Å². The molecule has 2 aliphatic carbocycles. The zero-order valence-electron chi connectivity index (χ0n) is 54.8. The van der Waals surface area contributed by atoms with Gasteiger partial charge in [0.2, 0.25) is 0 Å². The number of rotatable bonds is 10. The van der Waals surface area contributed by atoms with Crippen LogP contribution < -0.4 is 0 Å². The van der Waals surface area contributed by atoms with Crippen LogP contribution in [0.25, 0.3) is 133 Å². The van der Waals surface area contributed by atoms with Crippen LogP contribution in [0.2, 0.25) is 0 Å². The van der Waals surface area contributed by atoms with Crippen LogP contribution in [0.5, 0.6) is 0 Å². The third-order valence-electron chi connectivity index (χ3n) is 21.2. The van der Waals surface area contributed by atoms with E-state index in [0.29, 0.717) is 0 Å². The summed E-state index contributed by atoms with van der Waals surface area (Å²) in [6, 6.07) is 141. The molecule has 0 aliphatic heterocycles. The summed E-state index contributed by atoms with van der Waals surface area (Å²) in [4.78, 5) is 0. The second kappa shape index (κ2) is 24.0. The summed E-state index contributed by atoms with van der Waals surface area (Å²) < 4.78 is 14.0. The Bertz CT molecular complexity index is 6060. The van der Waals surface area contributed by atoms with Crippen molar-refractivity contribution >= 4 is 43.9 Å². The van der Waals surface area contributed by atoms with Crippen molar-refractivity contribution in [1.29, 1.82) is 0 Å². The first kappa shape index (κ1) is 58.5. The molecule has 100 heavy (non-hydrogen) atoms. The topological polar surface area (TPSA) is 26.3 Å². The quantitative estimate of drug-likeness (QED) is 0.136. The van der Waals surface area contributed by atoms with Gasteiger partial charge in [0, 0.05) is 43.8 Å². The Kier molecular flexibility index (Phi) is 14.1. The third kappa shape index (κ3) is 9.18. The second-order valence-electron chi connectivity index (χ2n) is 26.4. The van der Waals surface area contributed by atoms with E-state index in [1.54, 1.807) is 0 Å². The van der Waals surface area contributed by atoms with Gasteiger partial charge < -0.3 is 8.83 Å². The van der Waals surface area contributed by atoms with Gasteiger partial charge in [-0.3, -0.25) is 0 Å². The fourth-order valence-corrected chi connectivity index (χ4v) is 16.9. The molecular weight excluding hydrogens is 1210 g/mol. The van der Waals surface area contributed by atoms with Crippen molar-refractivity contribution in [2.75, 3.05) is 0 Å². The highest BCUT2D eigenvalue weighted by molar-refractivity contribution is 6.15. The molecule has 2 nitrogen and oxygen atoms in total. The van der Waals surface area contributed by atoms with Gasteiger partial charge >= 0.3 is 0 Å². The van der Waals surface area contributed by atoms with E-state index in [-0.39, 0.29) is 0 Å². The van der Waals surface area contributed by atoms with Gasteiger partial charge in [0.1, 0.15) is 22.3 Å². The number of hydrogen-bond acceptors (Lipinski definition) is 2. The van der Waals surface area contributed by atoms with Crippen LogP contribution in [-0.2, 0) is 10.8 Å². The van der Waals surface area contributed by atoms with Gasteiger partial charge in [-0.05, 0) is 129 Å². The molecule has 2 heteroatoms.